The summed E-state index contributed by atoms with van der Waals surface area (Å²) in [6.07, 6.45) is 5.57. The highest BCUT2D eigenvalue weighted by Crippen LogP contribution is 2.36. The second-order valence-electron chi connectivity index (χ2n) is 5.95. The van der Waals surface area contributed by atoms with Gasteiger partial charge >= 0.3 is 0 Å². The molecule has 2 atom stereocenters. The predicted molar refractivity (Wildman–Crippen MR) is 80.5 cm³/mol. The van der Waals surface area contributed by atoms with Crippen LogP contribution < -0.4 is 16.8 Å². The molecule has 2 unspecified atom stereocenters. The van der Waals surface area contributed by atoms with E-state index in [1.807, 2.05) is 0 Å². The molecule has 1 amide bonds. The molecule has 112 valence electrons. The monoisotopic (exact) mass is 278 g/mol. The molecule has 2 aliphatic rings. The Morgan fingerprint density at radius 1 is 1.40 bits per heavy atom. The van der Waals surface area contributed by atoms with Gasteiger partial charge < -0.3 is 21.7 Å². The smallest absolute Gasteiger partial charge is 0.267 e. The lowest BCUT2D eigenvalue weighted by atomic mass is 10.1. The third-order valence-electron chi connectivity index (χ3n) is 4.28. The first-order valence-corrected chi connectivity index (χ1v) is 7.47. The summed E-state index contributed by atoms with van der Waals surface area (Å²) in [6, 6.07) is 0.181. The third kappa shape index (κ3) is 3.54. The van der Waals surface area contributed by atoms with E-state index >= 15 is 0 Å². The van der Waals surface area contributed by atoms with E-state index in [-0.39, 0.29) is 17.6 Å². The van der Waals surface area contributed by atoms with Gasteiger partial charge in [0.2, 0.25) is 0 Å². The van der Waals surface area contributed by atoms with Gasteiger partial charge in [0.1, 0.15) is 0 Å². The van der Waals surface area contributed by atoms with Crippen LogP contribution in [0.15, 0.2) is 23.5 Å². The van der Waals surface area contributed by atoms with Crippen molar-refractivity contribution in [2.45, 2.75) is 32.7 Å². The molecule has 0 aromatic rings. The SMILES string of the molecule is CCN1CC(C)C(NC(=O)/C(N)=C/C(=C\N)C2CC2)C1. The molecule has 0 aromatic carbocycles. The normalized spacial score (nSPS) is 28.7. The molecule has 1 aliphatic heterocycles. The average molecular weight is 278 g/mol. The largest absolute Gasteiger partial charge is 0.404 e. The maximum absolute atomic E-state index is 12.1. The molecule has 1 saturated carbocycles. The first-order chi connectivity index (χ1) is 9.55. The van der Waals surface area contributed by atoms with E-state index in [4.69, 9.17) is 11.5 Å². The summed E-state index contributed by atoms with van der Waals surface area (Å²) in [4.78, 5) is 14.5. The highest BCUT2D eigenvalue weighted by atomic mass is 16.2. The van der Waals surface area contributed by atoms with Gasteiger partial charge in [-0.15, -0.1) is 0 Å². The Morgan fingerprint density at radius 2 is 2.10 bits per heavy atom. The van der Waals surface area contributed by atoms with Gasteiger partial charge in [-0.1, -0.05) is 13.8 Å². The molecule has 1 heterocycles. The molecule has 2 rings (SSSR count). The van der Waals surface area contributed by atoms with Crippen LogP contribution in [0.1, 0.15) is 26.7 Å². The first-order valence-electron chi connectivity index (χ1n) is 7.47. The minimum atomic E-state index is -0.181. The van der Waals surface area contributed by atoms with E-state index in [0.29, 0.717) is 11.8 Å². The number of hydrogen-bond acceptors (Lipinski definition) is 4. The summed E-state index contributed by atoms with van der Waals surface area (Å²) in [5.74, 6) is 0.770. The van der Waals surface area contributed by atoms with Crippen LogP contribution in [0.5, 0.6) is 0 Å². The van der Waals surface area contributed by atoms with Crippen molar-refractivity contribution in [1.29, 1.82) is 0 Å². The zero-order chi connectivity index (χ0) is 14.7. The van der Waals surface area contributed by atoms with Crippen molar-refractivity contribution in [3.8, 4) is 0 Å². The van der Waals surface area contributed by atoms with Gasteiger partial charge in [-0.25, -0.2) is 0 Å². The summed E-state index contributed by atoms with van der Waals surface area (Å²) in [6.45, 7) is 7.25. The number of likely N-dealkylation sites (tertiary alicyclic amines) is 1. The van der Waals surface area contributed by atoms with E-state index in [1.54, 1.807) is 12.3 Å². The summed E-state index contributed by atoms with van der Waals surface area (Å²) in [5, 5.41) is 3.04. The van der Waals surface area contributed by atoms with Crippen molar-refractivity contribution in [2.24, 2.45) is 23.3 Å². The first kappa shape index (κ1) is 14.9. The second kappa shape index (κ2) is 6.31. The van der Waals surface area contributed by atoms with Crippen LogP contribution in [0.3, 0.4) is 0 Å². The topological polar surface area (TPSA) is 84.4 Å². The lowest BCUT2D eigenvalue weighted by Gasteiger charge is -2.17. The number of amides is 1. The minimum absolute atomic E-state index is 0.181. The van der Waals surface area contributed by atoms with Crippen molar-refractivity contribution in [2.75, 3.05) is 19.6 Å². The zero-order valence-electron chi connectivity index (χ0n) is 12.4. The van der Waals surface area contributed by atoms with E-state index in [1.165, 1.54) is 0 Å². The van der Waals surface area contributed by atoms with E-state index in [0.717, 1.165) is 38.0 Å². The van der Waals surface area contributed by atoms with Crippen LogP contribution in [0.25, 0.3) is 0 Å². The number of nitrogens with two attached hydrogens (primary N) is 2. The molecule has 0 radical (unpaired) electrons. The van der Waals surface area contributed by atoms with Gasteiger partial charge in [0.15, 0.2) is 0 Å². The molecule has 1 saturated heterocycles. The molecule has 0 spiro atoms. The fourth-order valence-electron chi connectivity index (χ4n) is 2.73. The van der Waals surface area contributed by atoms with Crippen LogP contribution in [-0.4, -0.2) is 36.5 Å². The van der Waals surface area contributed by atoms with Crippen molar-refractivity contribution in [3.05, 3.63) is 23.5 Å². The molecule has 1 aliphatic carbocycles. The molecule has 20 heavy (non-hydrogen) atoms. The van der Waals surface area contributed by atoms with Crippen molar-refractivity contribution in [3.63, 3.8) is 0 Å². The van der Waals surface area contributed by atoms with Crippen molar-refractivity contribution < 1.29 is 4.79 Å². The highest BCUT2D eigenvalue weighted by molar-refractivity contribution is 5.93. The lowest BCUT2D eigenvalue weighted by Crippen LogP contribution is -2.41. The number of rotatable bonds is 5. The molecule has 5 N–H and O–H groups in total. The maximum atomic E-state index is 12.1. The third-order valence-corrected chi connectivity index (χ3v) is 4.28. The minimum Gasteiger partial charge on any atom is -0.404 e. The number of allylic oxidation sites excluding steroid dienone is 2. The molecular formula is C15H26N4O. The van der Waals surface area contributed by atoms with Crippen molar-refractivity contribution >= 4 is 5.91 Å². The van der Waals surface area contributed by atoms with Gasteiger partial charge in [0.05, 0.1) is 5.70 Å². The maximum Gasteiger partial charge on any atom is 0.267 e. The van der Waals surface area contributed by atoms with Gasteiger partial charge in [-0.3, -0.25) is 4.79 Å². The van der Waals surface area contributed by atoms with E-state index in [2.05, 4.69) is 24.1 Å². The number of hydrogen-bond donors (Lipinski definition) is 3. The van der Waals surface area contributed by atoms with Crippen LogP contribution in [0, 0.1) is 11.8 Å². The number of carbonyl (C=O) groups excluding carboxylic acids is 1. The molecule has 5 nitrogen and oxygen atoms in total. The Hall–Kier alpha value is -1.49. The van der Waals surface area contributed by atoms with Crippen LogP contribution in [0.2, 0.25) is 0 Å². The molecule has 0 aromatic heterocycles. The lowest BCUT2D eigenvalue weighted by molar-refractivity contribution is -0.118. The average Bonchev–Trinajstić information content (AvgIpc) is 3.21. The Balaban J connectivity index is 1.92. The Kier molecular flexibility index (Phi) is 4.70. The predicted octanol–water partition coefficient (Wildman–Crippen LogP) is 0.538. The zero-order valence-corrected chi connectivity index (χ0v) is 12.4. The number of likely N-dealkylation sites (N-methyl/N-ethyl adjacent to an activating group) is 1. The molecule has 5 heteroatoms. The quantitative estimate of drug-likeness (QED) is 0.506. The van der Waals surface area contributed by atoms with Crippen LogP contribution in [0.4, 0.5) is 0 Å². The number of nitrogens with zero attached hydrogens (tertiary/aromatic N) is 1. The summed E-state index contributed by atoms with van der Waals surface area (Å²) < 4.78 is 0. The van der Waals surface area contributed by atoms with Crippen LogP contribution in [-0.2, 0) is 4.79 Å². The fourth-order valence-corrected chi connectivity index (χ4v) is 2.73. The van der Waals surface area contributed by atoms with E-state index in [9.17, 15) is 4.79 Å². The Labute approximate surface area is 121 Å². The number of nitrogens with one attached hydrogen (secondary N) is 1. The Morgan fingerprint density at radius 3 is 2.60 bits per heavy atom. The Bertz CT molecular complexity index is 426. The summed E-state index contributed by atoms with van der Waals surface area (Å²) >= 11 is 0. The van der Waals surface area contributed by atoms with Gasteiger partial charge in [0, 0.05) is 19.1 Å². The fraction of sp³-hybridized carbons (Fsp3) is 0.667. The number of carbonyl (C=O) groups is 1. The van der Waals surface area contributed by atoms with E-state index < -0.39 is 0 Å². The molecule has 2 fully saturated rings. The van der Waals surface area contributed by atoms with Gasteiger partial charge in [-0.2, -0.15) is 0 Å². The summed E-state index contributed by atoms with van der Waals surface area (Å²) in [7, 11) is 0. The molecule has 0 bridgehead atoms. The summed E-state index contributed by atoms with van der Waals surface area (Å²) in [5.41, 5.74) is 12.7. The van der Waals surface area contributed by atoms with Crippen molar-refractivity contribution in [1.82, 2.24) is 10.2 Å². The van der Waals surface area contributed by atoms with Crippen LogP contribution >= 0.6 is 0 Å². The van der Waals surface area contributed by atoms with Gasteiger partial charge in [-0.05, 0) is 49.1 Å². The van der Waals surface area contributed by atoms with Gasteiger partial charge in [0.25, 0.3) is 5.91 Å². The highest BCUT2D eigenvalue weighted by Gasteiger charge is 2.30. The standard InChI is InChI=1S/C15H26N4O/c1-3-19-8-10(2)14(9-19)18-15(20)13(17)6-12(7-16)11-4-5-11/h6-7,10-11,14H,3-5,8-9,16-17H2,1-2H3,(H,18,20)/b12-7+,13-6-. The molecular weight excluding hydrogens is 252 g/mol. The second-order valence-corrected chi connectivity index (χ2v) is 5.95.